The molecular formula is C23H18BrN3O. The minimum absolute atomic E-state index is 0.816. The van der Waals surface area contributed by atoms with Gasteiger partial charge in [0.15, 0.2) is 0 Å². The Morgan fingerprint density at radius 2 is 1.64 bits per heavy atom. The number of hydrogen-bond donors (Lipinski definition) is 0. The van der Waals surface area contributed by atoms with E-state index in [0.717, 1.165) is 38.4 Å². The lowest BCUT2D eigenvalue weighted by atomic mass is 10.1. The van der Waals surface area contributed by atoms with Crippen LogP contribution in [0.5, 0.6) is 5.75 Å². The Labute approximate surface area is 172 Å². The van der Waals surface area contributed by atoms with Gasteiger partial charge in [0.05, 0.1) is 18.5 Å². The molecule has 0 aliphatic rings. The minimum atomic E-state index is 0.816. The van der Waals surface area contributed by atoms with E-state index in [1.807, 2.05) is 96.0 Å². The first-order chi connectivity index (χ1) is 13.7. The molecule has 4 nitrogen and oxygen atoms in total. The van der Waals surface area contributed by atoms with Crippen LogP contribution in [-0.4, -0.2) is 23.1 Å². The van der Waals surface area contributed by atoms with Crippen LogP contribution in [0.1, 0.15) is 5.56 Å². The van der Waals surface area contributed by atoms with E-state index in [1.54, 1.807) is 7.11 Å². The molecule has 4 aromatic rings. The molecule has 0 unspecified atom stereocenters. The monoisotopic (exact) mass is 431 g/mol. The number of rotatable bonds is 5. The van der Waals surface area contributed by atoms with Crippen molar-refractivity contribution in [3.05, 3.63) is 95.1 Å². The lowest BCUT2D eigenvalue weighted by Gasteiger charge is -2.02. The van der Waals surface area contributed by atoms with Gasteiger partial charge in [-0.05, 0) is 60.7 Å². The van der Waals surface area contributed by atoms with Crippen LogP contribution in [0.15, 0.2) is 94.5 Å². The summed E-state index contributed by atoms with van der Waals surface area (Å²) in [5, 5.41) is 4.81. The normalized spacial score (nSPS) is 11.1. The molecule has 4 rings (SSSR count). The molecule has 0 saturated carbocycles. The summed E-state index contributed by atoms with van der Waals surface area (Å²) in [4.78, 5) is 4.62. The number of methoxy groups -OCH3 is 1. The van der Waals surface area contributed by atoms with Crippen molar-refractivity contribution in [2.45, 2.75) is 0 Å². The highest BCUT2D eigenvalue weighted by molar-refractivity contribution is 9.10. The number of para-hydroxylation sites is 1. The molecule has 0 saturated heterocycles. The predicted octanol–water partition coefficient (Wildman–Crippen LogP) is 6.06. The van der Waals surface area contributed by atoms with Gasteiger partial charge in [-0.2, -0.15) is 5.10 Å². The molecule has 0 N–H and O–H groups in total. The molecule has 3 aromatic carbocycles. The molecule has 0 fully saturated rings. The van der Waals surface area contributed by atoms with E-state index < -0.39 is 0 Å². The first-order valence-electron chi connectivity index (χ1n) is 8.82. The number of hydrogen-bond acceptors (Lipinski definition) is 3. The molecule has 0 spiro atoms. The summed E-state index contributed by atoms with van der Waals surface area (Å²) in [6.07, 6.45) is 3.85. The Morgan fingerprint density at radius 1 is 0.929 bits per heavy atom. The summed E-state index contributed by atoms with van der Waals surface area (Å²) in [6, 6.07) is 25.8. The fourth-order valence-electron chi connectivity index (χ4n) is 2.84. The SMILES string of the molecule is COc1ccc(-c2nn(-c3ccccc3)cc2C=Nc2ccc(Br)cc2)cc1. The molecule has 0 amide bonds. The fourth-order valence-corrected chi connectivity index (χ4v) is 3.10. The molecule has 0 aliphatic carbocycles. The second-order valence-electron chi connectivity index (χ2n) is 6.18. The first kappa shape index (κ1) is 18.2. The summed E-state index contributed by atoms with van der Waals surface area (Å²) >= 11 is 3.45. The Hall–Kier alpha value is -3.18. The van der Waals surface area contributed by atoms with Gasteiger partial charge in [-0.3, -0.25) is 4.99 Å². The number of benzene rings is 3. The van der Waals surface area contributed by atoms with E-state index in [4.69, 9.17) is 9.84 Å². The Morgan fingerprint density at radius 3 is 2.32 bits per heavy atom. The van der Waals surface area contributed by atoms with Crippen LogP contribution in [0.3, 0.4) is 0 Å². The average Bonchev–Trinajstić information content (AvgIpc) is 3.18. The summed E-state index contributed by atoms with van der Waals surface area (Å²) in [5.74, 6) is 0.816. The van der Waals surface area contributed by atoms with Gasteiger partial charge in [0.2, 0.25) is 0 Å². The Bertz CT molecular complexity index is 1090. The lowest BCUT2D eigenvalue weighted by Crippen LogP contribution is -1.94. The molecule has 0 atom stereocenters. The molecular weight excluding hydrogens is 414 g/mol. The number of aromatic nitrogens is 2. The van der Waals surface area contributed by atoms with Crippen molar-refractivity contribution in [2.75, 3.05) is 7.11 Å². The number of ether oxygens (including phenoxy) is 1. The van der Waals surface area contributed by atoms with Crippen LogP contribution in [0, 0.1) is 0 Å². The van der Waals surface area contributed by atoms with E-state index in [-0.39, 0.29) is 0 Å². The van der Waals surface area contributed by atoms with Crippen molar-refractivity contribution in [3.8, 4) is 22.7 Å². The van der Waals surface area contributed by atoms with Crippen LogP contribution < -0.4 is 4.74 Å². The van der Waals surface area contributed by atoms with Crippen molar-refractivity contribution >= 4 is 27.8 Å². The molecule has 1 heterocycles. The molecule has 0 radical (unpaired) electrons. The lowest BCUT2D eigenvalue weighted by molar-refractivity contribution is 0.415. The zero-order chi connectivity index (χ0) is 19.3. The third-order valence-electron chi connectivity index (χ3n) is 4.31. The summed E-state index contributed by atoms with van der Waals surface area (Å²) < 4.78 is 8.18. The second kappa shape index (κ2) is 8.23. The molecule has 28 heavy (non-hydrogen) atoms. The zero-order valence-electron chi connectivity index (χ0n) is 15.3. The van der Waals surface area contributed by atoms with E-state index in [1.165, 1.54) is 0 Å². The van der Waals surface area contributed by atoms with Gasteiger partial charge in [0.25, 0.3) is 0 Å². The molecule has 138 valence electrons. The van der Waals surface area contributed by atoms with Gasteiger partial charge in [-0.25, -0.2) is 4.68 Å². The van der Waals surface area contributed by atoms with Gasteiger partial charge in [-0.1, -0.05) is 34.1 Å². The Balaban J connectivity index is 1.75. The number of aliphatic imine (C=N–C) groups is 1. The topological polar surface area (TPSA) is 39.4 Å². The highest BCUT2D eigenvalue weighted by Gasteiger charge is 2.11. The number of halogens is 1. The smallest absolute Gasteiger partial charge is 0.118 e. The third kappa shape index (κ3) is 4.05. The summed E-state index contributed by atoms with van der Waals surface area (Å²) in [7, 11) is 1.66. The molecule has 5 heteroatoms. The maximum atomic E-state index is 5.27. The zero-order valence-corrected chi connectivity index (χ0v) is 16.9. The van der Waals surface area contributed by atoms with E-state index >= 15 is 0 Å². The third-order valence-corrected chi connectivity index (χ3v) is 4.83. The highest BCUT2D eigenvalue weighted by atomic mass is 79.9. The van der Waals surface area contributed by atoms with Gasteiger partial charge >= 0.3 is 0 Å². The van der Waals surface area contributed by atoms with Crippen molar-refractivity contribution < 1.29 is 4.74 Å². The van der Waals surface area contributed by atoms with E-state index in [0.29, 0.717) is 0 Å². The van der Waals surface area contributed by atoms with Crippen LogP contribution in [0.25, 0.3) is 16.9 Å². The summed E-state index contributed by atoms with van der Waals surface area (Å²) in [5.41, 5.74) is 4.70. The number of nitrogens with zero attached hydrogens (tertiary/aromatic N) is 3. The maximum absolute atomic E-state index is 5.27. The van der Waals surface area contributed by atoms with E-state index in [2.05, 4.69) is 20.9 Å². The van der Waals surface area contributed by atoms with Crippen molar-refractivity contribution in [1.82, 2.24) is 9.78 Å². The van der Waals surface area contributed by atoms with Gasteiger partial charge in [0.1, 0.15) is 11.4 Å². The quantitative estimate of drug-likeness (QED) is 0.360. The minimum Gasteiger partial charge on any atom is -0.497 e. The molecule has 0 aliphatic heterocycles. The van der Waals surface area contributed by atoms with Crippen molar-refractivity contribution in [3.63, 3.8) is 0 Å². The maximum Gasteiger partial charge on any atom is 0.118 e. The van der Waals surface area contributed by atoms with Crippen LogP contribution in [0.4, 0.5) is 5.69 Å². The van der Waals surface area contributed by atoms with Crippen molar-refractivity contribution in [1.29, 1.82) is 0 Å². The summed E-state index contributed by atoms with van der Waals surface area (Å²) in [6.45, 7) is 0. The van der Waals surface area contributed by atoms with E-state index in [9.17, 15) is 0 Å². The van der Waals surface area contributed by atoms with Gasteiger partial charge in [-0.15, -0.1) is 0 Å². The predicted molar refractivity (Wildman–Crippen MR) is 117 cm³/mol. The van der Waals surface area contributed by atoms with Crippen LogP contribution >= 0.6 is 15.9 Å². The van der Waals surface area contributed by atoms with Crippen LogP contribution in [0.2, 0.25) is 0 Å². The van der Waals surface area contributed by atoms with Gasteiger partial charge in [0, 0.05) is 28.0 Å². The van der Waals surface area contributed by atoms with Crippen LogP contribution in [-0.2, 0) is 0 Å². The standard InChI is InChI=1S/C23H18BrN3O/c1-28-22-13-7-17(8-14-22)23-18(15-25-20-11-9-19(24)10-12-20)16-27(26-23)21-5-3-2-4-6-21/h2-16H,1H3. The molecule has 1 aromatic heterocycles. The first-order valence-corrected chi connectivity index (χ1v) is 9.61. The highest BCUT2D eigenvalue weighted by Crippen LogP contribution is 2.26. The van der Waals surface area contributed by atoms with Gasteiger partial charge < -0.3 is 4.74 Å². The largest absolute Gasteiger partial charge is 0.497 e. The fraction of sp³-hybridized carbons (Fsp3) is 0.0435. The Kier molecular flexibility index (Phi) is 5.35. The average molecular weight is 432 g/mol. The van der Waals surface area contributed by atoms with Crippen molar-refractivity contribution in [2.24, 2.45) is 4.99 Å². The second-order valence-corrected chi connectivity index (χ2v) is 7.09. The molecule has 0 bridgehead atoms.